The number of piperidine rings is 1. The molecule has 1 aliphatic rings. The lowest BCUT2D eigenvalue weighted by Crippen LogP contribution is -2.42. The molecule has 0 atom stereocenters. The fourth-order valence-electron chi connectivity index (χ4n) is 3.14. The molecule has 0 radical (unpaired) electrons. The van der Waals surface area contributed by atoms with Gasteiger partial charge in [0.25, 0.3) is 5.91 Å². The van der Waals surface area contributed by atoms with Crippen LogP contribution in [0, 0.1) is 5.92 Å². The number of carbonyl (C=O) groups excluding carboxylic acids is 3. The largest absolute Gasteiger partial charge is 0.469 e. The highest BCUT2D eigenvalue weighted by Crippen LogP contribution is 2.22. The molecule has 27 heavy (non-hydrogen) atoms. The van der Waals surface area contributed by atoms with Gasteiger partial charge < -0.3 is 14.4 Å². The molecule has 0 bridgehead atoms. The smallest absolute Gasteiger partial charge is 0.339 e. The Labute approximate surface area is 161 Å². The maximum Gasteiger partial charge on any atom is 0.339 e. The number of ether oxygens (including phenoxy) is 2. The number of benzene rings is 1. The number of rotatable bonds is 4. The van der Waals surface area contributed by atoms with Gasteiger partial charge in [0.2, 0.25) is 0 Å². The number of likely N-dealkylation sites (tertiary alicyclic amines) is 1. The molecular weight excluding hydrogens is 372 g/mol. The van der Waals surface area contributed by atoms with Gasteiger partial charge in [-0.05, 0) is 25.0 Å². The average molecular weight is 391 g/mol. The Kier molecular flexibility index (Phi) is 5.91. The minimum atomic E-state index is -0.631. The zero-order valence-corrected chi connectivity index (χ0v) is 15.6. The number of esters is 2. The summed E-state index contributed by atoms with van der Waals surface area (Å²) in [6, 6.07) is 8.50. The van der Waals surface area contributed by atoms with E-state index in [0.29, 0.717) is 36.8 Å². The minimum Gasteiger partial charge on any atom is -0.469 e. The topological polar surface area (TPSA) is 85.8 Å². The predicted molar refractivity (Wildman–Crippen MR) is 98.4 cm³/mol. The number of hydrogen-bond donors (Lipinski definition) is 0. The van der Waals surface area contributed by atoms with Crippen LogP contribution in [-0.4, -0.2) is 54.5 Å². The summed E-state index contributed by atoms with van der Waals surface area (Å²) in [7, 11) is 1.36. The van der Waals surface area contributed by atoms with Crippen molar-refractivity contribution in [1.82, 2.24) is 9.88 Å². The van der Waals surface area contributed by atoms with Crippen LogP contribution in [0.4, 0.5) is 0 Å². The molecule has 1 aliphatic heterocycles. The number of hydrogen-bond acceptors (Lipinski definition) is 6. The van der Waals surface area contributed by atoms with E-state index < -0.39 is 5.97 Å². The van der Waals surface area contributed by atoms with Crippen LogP contribution in [0.5, 0.6) is 0 Å². The Morgan fingerprint density at radius 3 is 2.63 bits per heavy atom. The van der Waals surface area contributed by atoms with Crippen molar-refractivity contribution in [2.75, 3.05) is 26.8 Å². The lowest BCUT2D eigenvalue weighted by Gasteiger charge is -2.30. The van der Waals surface area contributed by atoms with Gasteiger partial charge in [-0.3, -0.25) is 9.59 Å². The van der Waals surface area contributed by atoms with Crippen LogP contribution in [0.2, 0.25) is 5.15 Å². The van der Waals surface area contributed by atoms with E-state index in [1.165, 1.54) is 13.2 Å². The summed E-state index contributed by atoms with van der Waals surface area (Å²) >= 11 is 5.97. The van der Waals surface area contributed by atoms with Gasteiger partial charge in [0.1, 0.15) is 5.15 Å². The minimum absolute atomic E-state index is 0.178. The Hall–Kier alpha value is -2.67. The van der Waals surface area contributed by atoms with Crippen molar-refractivity contribution in [2.45, 2.75) is 12.8 Å². The van der Waals surface area contributed by atoms with Gasteiger partial charge in [0, 0.05) is 18.5 Å². The zero-order valence-electron chi connectivity index (χ0n) is 14.8. The first kappa shape index (κ1) is 19.1. The quantitative estimate of drug-likeness (QED) is 0.588. The number of fused-ring (bicyclic) bond motifs is 1. The Balaban J connectivity index is 1.60. The second-order valence-corrected chi connectivity index (χ2v) is 6.65. The molecule has 142 valence electrons. The second kappa shape index (κ2) is 8.35. The second-order valence-electron chi connectivity index (χ2n) is 6.26. The van der Waals surface area contributed by atoms with Gasteiger partial charge in [0.15, 0.2) is 6.61 Å². The van der Waals surface area contributed by atoms with E-state index in [0.717, 1.165) is 0 Å². The van der Waals surface area contributed by atoms with Crippen molar-refractivity contribution in [3.63, 3.8) is 0 Å². The number of aromatic nitrogens is 1. The molecule has 0 aliphatic carbocycles. The molecule has 1 aromatic heterocycles. The Bertz CT molecular complexity index is 878. The van der Waals surface area contributed by atoms with Crippen molar-refractivity contribution in [1.29, 1.82) is 0 Å². The van der Waals surface area contributed by atoms with Crippen LogP contribution in [0.25, 0.3) is 10.9 Å². The fourth-order valence-corrected chi connectivity index (χ4v) is 3.34. The highest BCUT2D eigenvalue weighted by molar-refractivity contribution is 6.30. The molecule has 7 nitrogen and oxygen atoms in total. The zero-order chi connectivity index (χ0) is 19.4. The van der Waals surface area contributed by atoms with Gasteiger partial charge in [-0.2, -0.15) is 0 Å². The Morgan fingerprint density at radius 2 is 1.93 bits per heavy atom. The first-order chi connectivity index (χ1) is 13.0. The monoisotopic (exact) mass is 390 g/mol. The first-order valence-electron chi connectivity index (χ1n) is 8.57. The van der Waals surface area contributed by atoms with Gasteiger partial charge in [0.05, 0.1) is 24.1 Å². The molecule has 1 fully saturated rings. The van der Waals surface area contributed by atoms with Crippen molar-refractivity contribution < 1.29 is 23.9 Å². The van der Waals surface area contributed by atoms with E-state index in [1.54, 1.807) is 29.2 Å². The number of nitrogens with zero attached hydrogens (tertiary/aromatic N) is 2. The Morgan fingerprint density at radius 1 is 1.22 bits per heavy atom. The highest BCUT2D eigenvalue weighted by Gasteiger charge is 2.28. The summed E-state index contributed by atoms with van der Waals surface area (Å²) in [6.45, 7) is 0.496. The van der Waals surface area contributed by atoms with E-state index in [-0.39, 0.29) is 35.1 Å². The molecule has 8 heteroatoms. The average Bonchev–Trinajstić information content (AvgIpc) is 2.70. The highest BCUT2D eigenvalue weighted by atomic mass is 35.5. The summed E-state index contributed by atoms with van der Waals surface area (Å²) in [5, 5.41) is 0.787. The van der Waals surface area contributed by atoms with Crippen molar-refractivity contribution in [2.24, 2.45) is 5.92 Å². The van der Waals surface area contributed by atoms with Crippen LogP contribution in [-0.2, 0) is 19.1 Å². The van der Waals surface area contributed by atoms with Crippen LogP contribution < -0.4 is 0 Å². The van der Waals surface area contributed by atoms with Gasteiger partial charge >= 0.3 is 11.9 Å². The molecule has 0 spiro atoms. The third-order valence-electron chi connectivity index (χ3n) is 4.61. The van der Waals surface area contributed by atoms with E-state index in [4.69, 9.17) is 21.1 Å². The first-order valence-corrected chi connectivity index (χ1v) is 8.95. The lowest BCUT2D eigenvalue weighted by molar-refractivity contribution is -0.149. The number of carbonyl (C=O) groups is 3. The fraction of sp³-hybridized carbons (Fsp3) is 0.368. The molecule has 3 rings (SSSR count). The number of halogens is 1. The van der Waals surface area contributed by atoms with Crippen LogP contribution in [0.3, 0.4) is 0 Å². The third-order valence-corrected chi connectivity index (χ3v) is 4.81. The third kappa shape index (κ3) is 4.36. The van der Waals surface area contributed by atoms with Gasteiger partial charge in [-0.25, -0.2) is 9.78 Å². The SMILES string of the molecule is COC(=O)C1CCN(C(=O)COC(=O)c2cc(Cl)nc3ccccc23)CC1. The van der Waals surface area contributed by atoms with E-state index >= 15 is 0 Å². The number of methoxy groups -OCH3 is 1. The van der Waals surface area contributed by atoms with Gasteiger partial charge in [-0.15, -0.1) is 0 Å². The summed E-state index contributed by atoms with van der Waals surface area (Å²) in [5.74, 6) is -1.37. The van der Waals surface area contributed by atoms with Crippen LogP contribution in [0.15, 0.2) is 30.3 Å². The molecule has 1 saturated heterocycles. The summed E-state index contributed by atoms with van der Waals surface area (Å²) in [4.78, 5) is 42.0. The van der Waals surface area contributed by atoms with Crippen molar-refractivity contribution in [3.8, 4) is 0 Å². The summed E-state index contributed by atoms with van der Waals surface area (Å²) in [6.07, 6.45) is 1.08. The van der Waals surface area contributed by atoms with Crippen molar-refractivity contribution in [3.05, 3.63) is 41.0 Å². The molecule has 2 aromatic rings. The molecule has 2 heterocycles. The van der Waals surface area contributed by atoms with Crippen LogP contribution >= 0.6 is 11.6 Å². The van der Waals surface area contributed by atoms with E-state index in [2.05, 4.69) is 4.98 Å². The number of pyridine rings is 1. The summed E-state index contributed by atoms with van der Waals surface area (Å²) < 4.78 is 9.92. The van der Waals surface area contributed by atoms with Gasteiger partial charge in [-0.1, -0.05) is 29.8 Å². The molecule has 0 saturated carbocycles. The molecular formula is C19H19ClN2O5. The number of amides is 1. The molecule has 1 amide bonds. The van der Waals surface area contributed by atoms with Crippen LogP contribution in [0.1, 0.15) is 23.2 Å². The summed E-state index contributed by atoms with van der Waals surface area (Å²) in [5.41, 5.74) is 0.843. The molecule has 1 aromatic carbocycles. The lowest BCUT2D eigenvalue weighted by atomic mass is 9.97. The van der Waals surface area contributed by atoms with E-state index in [9.17, 15) is 14.4 Å². The number of para-hydroxylation sites is 1. The van der Waals surface area contributed by atoms with E-state index in [1.807, 2.05) is 0 Å². The standard InChI is InChI=1S/C19H19ClN2O5/c1-26-18(24)12-6-8-22(9-7-12)17(23)11-27-19(25)14-10-16(20)21-15-5-3-2-4-13(14)15/h2-5,10,12H,6-9,11H2,1H3. The normalized spacial score (nSPS) is 14.8. The maximum atomic E-state index is 12.4. The predicted octanol–water partition coefficient (Wildman–Crippen LogP) is 2.46. The molecule has 0 unspecified atom stereocenters. The van der Waals surface area contributed by atoms with Crippen molar-refractivity contribution >= 4 is 40.3 Å². The molecule has 0 N–H and O–H groups in total. The maximum absolute atomic E-state index is 12.4.